The largest absolute Gasteiger partial charge is 0.497 e. The van der Waals surface area contributed by atoms with Gasteiger partial charge in [-0.3, -0.25) is 0 Å². The summed E-state index contributed by atoms with van der Waals surface area (Å²) >= 11 is 0. The van der Waals surface area contributed by atoms with E-state index in [0.717, 1.165) is 39.1 Å². The average Bonchev–Trinajstić information content (AvgIpc) is 3.90. The summed E-state index contributed by atoms with van der Waals surface area (Å²) in [6.45, 7) is 1.41. The van der Waals surface area contributed by atoms with Crippen molar-refractivity contribution < 1.29 is 24.1 Å². The fraction of sp³-hybridized carbons (Fsp3) is 0.212. The van der Waals surface area contributed by atoms with Gasteiger partial charge in [-0.25, -0.2) is 4.98 Å². The van der Waals surface area contributed by atoms with Gasteiger partial charge in [0.1, 0.15) is 17.9 Å². The zero-order chi connectivity index (χ0) is 42.1. The normalized spacial score (nSPS) is 17.5. The van der Waals surface area contributed by atoms with E-state index in [1.165, 1.54) is 0 Å². The number of aliphatic hydroxyl groups is 1. The fourth-order valence-corrected chi connectivity index (χ4v) is 8.52. The van der Waals surface area contributed by atoms with Crippen molar-refractivity contribution in [3.8, 4) is 11.6 Å². The Morgan fingerprint density at radius 3 is 1.76 bits per heavy atom. The van der Waals surface area contributed by atoms with E-state index in [4.69, 9.17) is 33.9 Å². The molecule has 1 aliphatic carbocycles. The minimum atomic E-state index is -0.964. The van der Waals surface area contributed by atoms with Crippen LogP contribution in [0.3, 0.4) is 0 Å². The number of rotatable bonds is 17. The number of anilines is 1. The molecule has 1 saturated carbocycles. The molecule has 8 aromatic rings. The smallest absolute Gasteiger partial charge is 0.247 e. The molecule has 10 heteroatoms. The van der Waals surface area contributed by atoms with Crippen molar-refractivity contribution in [2.75, 3.05) is 19.0 Å². The first-order valence-corrected chi connectivity index (χ1v) is 21.0. The van der Waals surface area contributed by atoms with Gasteiger partial charge >= 0.3 is 0 Å². The first-order valence-electron chi connectivity index (χ1n) is 21.0. The molecule has 2 N–H and O–H groups in total. The van der Waals surface area contributed by atoms with Crippen molar-refractivity contribution in [1.29, 1.82) is 0 Å². The molecule has 312 valence electrons. The lowest BCUT2D eigenvalue weighted by molar-refractivity contribution is -0.0475. The molecule has 0 aliphatic heterocycles. The van der Waals surface area contributed by atoms with Gasteiger partial charge in [0.25, 0.3) is 0 Å². The minimum Gasteiger partial charge on any atom is -0.497 e. The number of nitrogens with one attached hydrogen (secondary N) is 1. The molecule has 1 fully saturated rings. The SMILES string of the molecule is COc1ccc(C(Nc2nc(OCc3ccccc3)c3ncn([C@@H]4C[C@@H](OCc5ccccc5)[C@@H](COCc5ccccc5)C4O)c3n2)(c2ccccc2)c2ccccc2)cc1. The van der Waals surface area contributed by atoms with E-state index in [1.807, 2.05) is 144 Å². The van der Waals surface area contributed by atoms with Crippen LogP contribution < -0.4 is 14.8 Å². The summed E-state index contributed by atoms with van der Waals surface area (Å²) in [5, 5.41) is 16.1. The van der Waals surface area contributed by atoms with E-state index in [9.17, 15) is 5.11 Å². The van der Waals surface area contributed by atoms with E-state index in [1.54, 1.807) is 13.4 Å². The number of hydrogen-bond donors (Lipinski definition) is 2. The third-order valence-electron chi connectivity index (χ3n) is 11.7. The molecule has 0 radical (unpaired) electrons. The van der Waals surface area contributed by atoms with E-state index < -0.39 is 17.7 Å². The highest BCUT2D eigenvalue weighted by Gasteiger charge is 2.45. The number of nitrogens with zero attached hydrogens (tertiary/aromatic N) is 4. The Bertz CT molecular complexity index is 2590. The maximum atomic E-state index is 12.3. The molecule has 1 unspecified atom stereocenters. The van der Waals surface area contributed by atoms with Gasteiger partial charge in [0.15, 0.2) is 11.2 Å². The molecule has 4 atom stereocenters. The molecule has 2 heterocycles. The summed E-state index contributed by atoms with van der Waals surface area (Å²) in [4.78, 5) is 15.2. The first-order chi connectivity index (χ1) is 30.6. The second-order valence-electron chi connectivity index (χ2n) is 15.6. The molecule has 1 aliphatic rings. The predicted octanol–water partition coefficient (Wildman–Crippen LogP) is 9.54. The lowest BCUT2D eigenvalue weighted by Gasteiger charge is -2.37. The third-order valence-corrected chi connectivity index (χ3v) is 11.7. The van der Waals surface area contributed by atoms with Crippen LogP contribution in [0.2, 0.25) is 0 Å². The van der Waals surface area contributed by atoms with Crippen LogP contribution in [0.15, 0.2) is 182 Å². The second-order valence-corrected chi connectivity index (χ2v) is 15.6. The maximum absolute atomic E-state index is 12.3. The topological polar surface area (TPSA) is 113 Å². The lowest BCUT2D eigenvalue weighted by Crippen LogP contribution is -2.38. The van der Waals surface area contributed by atoms with Gasteiger partial charge in [-0.15, -0.1) is 0 Å². The summed E-state index contributed by atoms with van der Waals surface area (Å²) < 4.78 is 27.0. The predicted molar refractivity (Wildman–Crippen MR) is 240 cm³/mol. The Balaban J connectivity index is 1.13. The molecular weight excluding hydrogens is 775 g/mol. The molecule has 9 rings (SSSR count). The van der Waals surface area contributed by atoms with Crippen LogP contribution in [-0.4, -0.2) is 50.6 Å². The molecular formula is C52H49N5O5. The first kappa shape index (κ1) is 40.6. The van der Waals surface area contributed by atoms with Crippen molar-refractivity contribution in [3.05, 3.63) is 216 Å². The van der Waals surface area contributed by atoms with Crippen LogP contribution in [0.1, 0.15) is 45.8 Å². The van der Waals surface area contributed by atoms with Gasteiger partial charge < -0.3 is 33.9 Å². The quantitative estimate of drug-likeness (QED) is 0.0868. The Kier molecular flexibility index (Phi) is 12.3. The highest BCUT2D eigenvalue weighted by atomic mass is 16.5. The molecule has 2 aromatic heterocycles. The number of methoxy groups -OCH3 is 1. The van der Waals surface area contributed by atoms with Crippen LogP contribution in [0.5, 0.6) is 11.6 Å². The summed E-state index contributed by atoms with van der Waals surface area (Å²) in [6.07, 6.45) is 1.10. The van der Waals surface area contributed by atoms with Crippen molar-refractivity contribution in [1.82, 2.24) is 19.5 Å². The number of fused-ring (bicyclic) bond motifs is 1. The lowest BCUT2D eigenvalue weighted by atomic mass is 9.77. The van der Waals surface area contributed by atoms with Gasteiger partial charge in [-0.2, -0.15) is 9.97 Å². The number of aliphatic hydroxyl groups excluding tert-OH is 1. The minimum absolute atomic E-state index is 0.266. The molecule has 0 saturated heterocycles. The number of ether oxygens (including phenoxy) is 4. The number of aromatic nitrogens is 4. The zero-order valence-corrected chi connectivity index (χ0v) is 34.5. The average molecular weight is 824 g/mol. The van der Waals surface area contributed by atoms with Crippen LogP contribution in [0, 0.1) is 5.92 Å². The van der Waals surface area contributed by atoms with Crippen molar-refractivity contribution in [2.45, 2.75) is 50.0 Å². The molecule has 0 bridgehead atoms. The van der Waals surface area contributed by atoms with Crippen LogP contribution >= 0.6 is 0 Å². The van der Waals surface area contributed by atoms with Crippen LogP contribution in [0.4, 0.5) is 5.95 Å². The molecule has 0 amide bonds. The summed E-state index contributed by atoms with van der Waals surface area (Å²) in [5.41, 5.74) is 6.05. The molecule has 10 nitrogen and oxygen atoms in total. The zero-order valence-electron chi connectivity index (χ0n) is 34.5. The van der Waals surface area contributed by atoms with Crippen molar-refractivity contribution >= 4 is 17.1 Å². The standard InChI is InChI=1S/C52H49N5O5/c1-59-43-29-27-42(28-30-43)52(40-23-13-5-14-24-40,41-25-15-6-16-26-41)56-51-54-49-47(50(55-51)62-34-39-21-11-4-12-22-39)53-36-57(49)45-31-46(61-33-38-19-9-3-10-20-38)44(48(45)58)35-60-32-37-17-7-2-8-18-37/h2-30,36,44-46,48,58H,31-35H2,1H3,(H,54,55,56)/t44-,45-,46-,48?/m1/s1. The highest BCUT2D eigenvalue weighted by molar-refractivity contribution is 5.78. The van der Waals surface area contributed by atoms with Crippen LogP contribution in [-0.2, 0) is 34.8 Å². The third kappa shape index (κ3) is 8.67. The van der Waals surface area contributed by atoms with Gasteiger partial charge in [-0.05, 0) is 51.9 Å². The molecule has 62 heavy (non-hydrogen) atoms. The van der Waals surface area contributed by atoms with E-state index in [0.29, 0.717) is 49.2 Å². The number of imidazole rings is 1. The Hall–Kier alpha value is -6.85. The van der Waals surface area contributed by atoms with Gasteiger partial charge in [0.05, 0.1) is 51.5 Å². The van der Waals surface area contributed by atoms with E-state index in [2.05, 4.69) is 41.7 Å². The van der Waals surface area contributed by atoms with Crippen LogP contribution in [0.25, 0.3) is 11.2 Å². The summed E-state index contributed by atoms with van der Waals surface area (Å²) in [5.74, 6) is 1.05. The summed E-state index contributed by atoms with van der Waals surface area (Å²) in [6, 6.07) is 58.3. The summed E-state index contributed by atoms with van der Waals surface area (Å²) in [7, 11) is 1.66. The Morgan fingerprint density at radius 2 is 1.18 bits per heavy atom. The van der Waals surface area contributed by atoms with Gasteiger partial charge in [0, 0.05) is 5.92 Å². The second kappa shape index (κ2) is 18.8. The maximum Gasteiger partial charge on any atom is 0.247 e. The number of benzene rings is 6. The van der Waals surface area contributed by atoms with Crippen molar-refractivity contribution in [2.24, 2.45) is 5.92 Å². The van der Waals surface area contributed by atoms with E-state index in [-0.39, 0.29) is 18.6 Å². The number of hydrogen-bond acceptors (Lipinski definition) is 9. The Labute approximate surface area is 361 Å². The highest BCUT2D eigenvalue weighted by Crippen LogP contribution is 2.43. The van der Waals surface area contributed by atoms with E-state index >= 15 is 0 Å². The van der Waals surface area contributed by atoms with Crippen molar-refractivity contribution in [3.63, 3.8) is 0 Å². The fourth-order valence-electron chi connectivity index (χ4n) is 8.52. The Morgan fingerprint density at radius 1 is 0.645 bits per heavy atom. The van der Waals surface area contributed by atoms with Gasteiger partial charge in [-0.1, -0.05) is 164 Å². The monoisotopic (exact) mass is 823 g/mol. The van der Waals surface area contributed by atoms with Gasteiger partial charge in [0.2, 0.25) is 11.8 Å². The molecule has 6 aromatic carbocycles. The molecule has 0 spiro atoms.